The average Bonchev–Trinajstić information content (AvgIpc) is 3.19. The highest BCUT2D eigenvalue weighted by Gasteiger charge is 2.26. The number of nitrogens with one attached hydrogen (secondary N) is 2. The minimum Gasteiger partial charge on any atom is -0.352 e. The van der Waals surface area contributed by atoms with Gasteiger partial charge in [-0.3, -0.25) is 19.4 Å². The van der Waals surface area contributed by atoms with Crippen LogP contribution >= 0.6 is 0 Å². The molecule has 1 fully saturated rings. The van der Waals surface area contributed by atoms with Gasteiger partial charge in [0.1, 0.15) is 0 Å². The molecule has 152 valence electrons. The lowest BCUT2D eigenvalue weighted by molar-refractivity contribution is -0.123. The van der Waals surface area contributed by atoms with E-state index < -0.39 is 0 Å². The lowest BCUT2D eigenvalue weighted by atomic mass is 9.92. The Bertz CT molecular complexity index is 832. The number of H-pyrrole nitrogens is 1. The van der Waals surface area contributed by atoms with Gasteiger partial charge in [0.15, 0.2) is 0 Å². The Morgan fingerprint density at radius 1 is 1.29 bits per heavy atom. The van der Waals surface area contributed by atoms with Crippen LogP contribution in [0.25, 0.3) is 0 Å². The number of hydrogen-bond donors (Lipinski definition) is 2. The first-order valence-corrected chi connectivity index (χ1v) is 9.93. The summed E-state index contributed by atoms with van der Waals surface area (Å²) in [6, 6.07) is 2.06. The molecule has 2 amide bonds. The van der Waals surface area contributed by atoms with Crippen LogP contribution in [0.4, 0.5) is 0 Å². The lowest BCUT2D eigenvalue weighted by Gasteiger charge is -2.32. The van der Waals surface area contributed by atoms with Crippen molar-refractivity contribution in [3.63, 3.8) is 0 Å². The molecule has 1 aliphatic heterocycles. The Hall–Kier alpha value is -2.64. The van der Waals surface area contributed by atoms with Crippen molar-refractivity contribution in [2.75, 3.05) is 13.1 Å². The first kappa shape index (κ1) is 20.1. The fourth-order valence-corrected chi connectivity index (χ4v) is 3.84. The predicted octanol–water partition coefficient (Wildman–Crippen LogP) is 1.98. The standard InChI is InChI=1S/C20H30N6O2/c1-13-9-15(3)26(24-13)12-14(2)22-19(27)10-17-5-7-25(8-6-17)20(28)18-11-21-23-16(18)4/h9,11,14,17H,5-8,10,12H2,1-4H3,(H,21,23)(H,22,27). The summed E-state index contributed by atoms with van der Waals surface area (Å²) < 4.78 is 1.93. The van der Waals surface area contributed by atoms with E-state index in [1.807, 2.05) is 43.3 Å². The van der Waals surface area contributed by atoms with Crippen LogP contribution in [0.1, 0.15) is 53.6 Å². The molecule has 3 heterocycles. The minimum absolute atomic E-state index is 0.0210. The molecule has 2 aromatic rings. The second kappa shape index (κ2) is 8.58. The third-order valence-corrected chi connectivity index (χ3v) is 5.39. The van der Waals surface area contributed by atoms with E-state index in [-0.39, 0.29) is 17.9 Å². The molecule has 0 radical (unpaired) electrons. The summed E-state index contributed by atoms with van der Waals surface area (Å²) in [4.78, 5) is 26.8. The quantitative estimate of drug-likeness (QED) is 0.793. The van der Waals surface area contributed by atoms with Crippen LogP contribution in [-0.4, -0.2) is 55.8 Å². The highest BCUT2D eigenvalue weighted by atomic mass is 16.2. The van der Waals surface area contributed by atoms with Gasteiger partial charge >= 0.3 is 0 Å². The molecular formula is C20H30N6O2. The van der Waals surface area contributed by atoms with Crippen molar-refractivity contribution in [2.45, 2.75) is 59.5 Å². The highest BCUT2D eigenvalue weighted by molar-refractivity contribution is 5.95. The Balaban J connectivity index is 1.43. The van der Waals surface area contributed by atoms with Gasteiger partial charge in [-0.15, -0.1) is 0 Å². The SMILES string of the molecule is Cc1cc(C)n(CC(C)NC(=O)CC2CCN(C(=O)c3cn[nH]c3C)CC2)n1. The fraction of sp³-hybridized carbons (Fsp3) is 0.600. The van der Waals surface area contributed by atoms with Crippen LogP contribution in [0.5, 0.6) is 0 Å². The maximum absolute atomic E-state index is 12.5. The molecule has 0 saturated carbocycles. The number of hydrogen-bond acceptors (Lipinski definition) is 4. The molecule has 8 nitrogen and oxygen atoms in total. The van der Waals surface area contributed by atoms with E-state index in [0.717, 1.165) is 29.9 Å². The van der Waals surface area contributed by atoms with Gasteiger partial charge in [-0.1, -0.05) is 0 Å². The number of aromatic amines is 1. The highest BCUT2D eigenvalue weighted by Crippen LogP contribution is 2.22. The van der Waals surface area contributed by atoms with Crippen molar-refractivity contribution < 1.29 is 9.59 Å². The summed E-state index contributed by atoms with van der Waals surface area (Å²) in [5, 5.41) is 14.3. The molecule has 1 atom stereocenters. The number of carbonyl (C=O) groups is 2. The van der Waals surface area contributed by atoms with E-state index >= 15 is 0 Å². The van der Waals surface area contributed by atoms with Gasteiger partial charge in [0, 0.05) is 36.9 Å². The van der Waals surface area contributed by atoms with Crippen LogP contribution in [0.15, 0.2) is 12.3 Å². The zero-order valence-corrected chi connectivity index (χ0v) is 17.2. The maximum Gasteiger partial charge on any atom is 0.257 e. The molecule has 0 spiro atoms. The van der Waals surface area contributed by atoms with E-state index in [1.165, 1.54) is 0 Å². The van der Waals surface area contributed by atoms with Crippen molar-refractivity contribution in [3.05, 3.63) is 34.9 Å². The van der Waals surface area contributed by atoms with Gasteiger partial charge in [0.2, 0.25) is 5.91 Å². The van der Waals surface area contributed by atoms with Gasteiger partial charge in [-0.05, 0) is 52.5 Å². The summed E-state index contributed by atoms with van der Waals surface area (Å²) in [6.45, 7) is 9.88. The normalized spacial score (nSPS) is 16.2. The third kappa shape index (κ3) is 4.79. The second-order valence-electron chi connectivity index (χ2n) is 7.93. The van der Waals surface area contributed by atoms with Crippen molar-refractivity contribution in [3.8, 4) is 0 Å². The number of nitrogens with zero attached hydrogens (tertiary/aromatic N) is 4. The largest absolute Gasteiger partial charge is 0.352 e. The zero-order chi connectivity index (χ0) is 20.3. The molecule has 3 rings (SSSR count). The first-order chi connectivity index (χ1) is 13.3. The molecule has 1 saturated heterocycles. The smallest absolute Gasteiger partial charge is 0.257 e. The number of aryl methyl sites for hydroxylation is 3. The minimum atomic E-state index is 0.0210. The number of aromatic nitrogens is 4. The second-order valence-corrected chi connectivity index (χ2v) is 7.93. The van der Waals surface area contributed by atoms with Gasteiger partial charge < -0.3 is 10.2 Å². The topological polar surface area (TPSA) is 95.9 Å². The van der Waals surface area contributed by atoms with E-state index in [9.17, 15) is 9.59 Å². The van der Waals surface area contributed by atoms with Crippen molar-refractivity contribution >= 4 is 11.8 Å². The van der Waals surface area contributed by atoms with E-state index in [4.69, 9.17) is 0 Å². The number of likely N-dealkylation sites (tertiary alicyclic amines) is 1. The number of rotatable bonds is 6. The summed E-state index contributed by atoms with van der Waals surface area (Å²) in [5.74, 6) is 0.410. The van der Waals surface area contributed by atoms with Crippen LogP contribution in [0.3, 0.4) is 0 Å². The van der Waals surface area contributed by atoms with Gasteiger partial charge in [-0.25, -0.2) is 0 Å². The van der Waals surface area contributed by atoms with Crippen molar-refractivity contribution in [2.24, 2.45) is 5.92 Å². The summed E-state index contributed by atoms with van der Waals surface area (Å²) in [5.41, 5.74) is 3.52. The van der Waals surface area contributed by atoms with E-state index in [1.54, 1.807) is 6.20 Å². The molecule has 2 aromatic heterocycles. The molecule has 2 N–H and O–H groups in total. The maximum atomic E-state index is 12.5. The summed E-state index contributed by atoms with van der Waals surface area (Å²) in [6.07, 6.45) is 3.79. The Morgan fingerprint density at radius 2 is 2.00 bits per heavy atom. The van der Waals surface area contributed by atoms with Crippen LogP contribution in [0, 0.1) is 26.7 Å². The lowest BCUT2D eigenvalue weighted by Crippen LogP contribution is -2.41. The number of amides is 2. The molecule has 0 bridgehead atoms. The Kier molecular flexibility index (Phi) is 6.16. The summed E-state index contributed by atoms with van der Waals surface area (Å²) in [7, 11) is 0. The van der Waals surface area contributed by atoms with Crippen molar-refractivity contribution in [1.29, 1.82) is 0 Å². The predicted molar refractivity (Wildman–Crippen MR) is 106 cm³/mol. The molecule has 8 heteroatoms. The number of piperidine rings is 1. The van der Waals surface area contributed by atoms with Crippen molar-refractivity contribution in [1.82, 2.24) is 30.2 Å². The summed E-state index contributed by atoms with van der Waals surface area (Å²) >= 11 is 0. The molecule has 1 unspecified atom stereocenters. The van der Waals surface area contributed by atoms with Gasteiger partial charge in [0.05, 0.1) is 24.0 Å². The van der Waals surface area contributed by atoms with E-state index in [2.05, 4.69) is 20.6 Å². The number of carbonyl (C=O) groups excluding carboxylic acids is 2. The monoisotopic (exact) mass is 386 g/mol. The van der Waals surface area contributed by atoms with Crippen LogP contribution < -0.4 is 5.32 Å². The zero-order valence-electron chi connectivity index (χ0n) is 17.2. The fourth-order valence-electron chi connectivity index (χ4n) is 3.84. The molecule has 28 heavy (non-hydrogen) atoms. The molecule has 0 aliphatic carbocycles. The van der Waals surface area contributed by atoms with Gasteiger partial charge in [-0.2, -0.15) is 10.2 Å². The Labute approximate surface area is 165 Å². The molecular weight excluding hydrogens is 356 g/mol. The third-order valence-electron chi connectivity index (χ3n) is 5.39. The molecule has 0 aromatic carbocycles. The van der Waals surface area contributed by atoms with Crippen LogP contribution in [-0.2, 0) is 11.3 Å². The average molecular weight is 387 g/mol. The first-order valence-electron chi connectivity index (χ1n) is 9.93. The van der Waals surface area contributed by atoms with E-state index in [0.29, 0.717) is 37.5 Å². The van der Waals surface area contributed by atoms with Gasteiger partial charge in [0.25, 0.3) is 5.91 Å². The Morgan fingerprint density at radius 3 is 2.57 bits per heavy atom. The van der Waals surface area contributed by atoms with Crippen LogP contribution in [0.2, 0.25) is 0 Å². The molecule has 1 aliphatic rings.